The minimum absolute atomic E-state index is 0.343. The van der Waals surface area contributed by atoms with Crippen molar-refractivity contribution in [2.75, 3.05) is 46.2 Å². The largest absolute Gasteiger partial charge is 0.497 e. The average Bonchev–Trinajstić information content (AvgIpc) is 2.72. The van der Waals surface area contributed by atoms with Crippen LogP contribution >= 0.6 is 11.8 Å². The second-order valence-electron chi connectivity index (χ2n) is 6.42. The summed E-state index contributed by atoms with van der Waals surface area (Å²) >= 11 is 1.78. The first-order chi connectivity index (χ1) is 12.8. The van der Waals surface area contributed by atoms with Crippen molar-refractivity contribution in [2.24, 2.45) is 0 Å². The molecule has 2 aromatic rings. The zero-order chi connectivity index (χ0) is 18.2. The summed E-state index contributed by atoms with van der Waals surface area (Å²) < 4.78 is 10.8. The minimum Gasteiger partial charge on any atom is -0.497 e. The Bertz CT molecular complexity index is 655. The molecular formula is C21H28N2O2S. The molecule has 0 spiro atoms. The van der Waals surface area contributed by atoms with Crippen molar-refractivity contribution in [3.05, 3.63) is 59.7 Å². The molecule has 0 aromatic heterocycles. The molecule has 0 bridgehead atoms. The normalized spacial score (nSPS) is 16.4. The van der Waals surface area contributed by atoms with Crippen LogP contribution in [0.25, 0.3) is 0 Å². The lowest BCUT2D eigenvalue weighted by atomic mass is 10.0. The molecule has 1 unspecified atom stereocenters. The van der Waals surface area contributed by atoms with Gasteiger partial charge in [-0.25, -0.2) is 0 Å². The van der Waals surface area contributed by atoms with Gasteiger partial charge in [0.25, 0.3) is 0 Å². The fourth-order valence-electron chi connectivity index (χ4n) is 3.27. The van der Waals surface area contributed by atoms with Gasteiger partial charge in [-0.3, -0.25) is 4.90 Å². The molecule has 5 heteroatoms. The summed E-state index contributed by atoms with van der Waals surface area (Å²) in [6.45, 7) is 5.36. The maximum absolute atomic E-state index is 5.53. The molecule has 1 fully saturated rings. The summed E-state index contributed by atoms with van der Waals surface area (Å²) in [7, 11) is 1.71. The van der Waals surface area contributed by atoms with E-state index in [0.717, 1.165) is 45.1 Å². The molecule has 0 aliphatic carbocycles. The van der Waals surface area contributed by atoms with Gasteiger partial charge in [0.15, 0.2) is 0 Å². The molecule has 26 heavy (non-hydrogen) atoms. The van der Waals surface area contributed by atoms with Crippen LogP contribution in [0.15, 0.2) is 53.4 Å². The quantitative estimate of drug-likeness (QED) is 0.717. The topological polar surface area (TPSA) is 33.7 Å². The van der Waals surface area contributed by atoms with Crippen molar-refractivity contribution < 1.29 is 9.47 Å². The van der Waals surface area contributed by atoms with Gasteiger partial charge in [0.05, 0.1) is 20.3 Å². The van der Waals surface area contributed by atoms with Crippen LogP contribution in [0.4, 0.5) is 0 Å². The van der Waals surface area contributed by atoms with Crippen LogP contribution < -0.4 is 10.1 Å². The number of hydrogen-bond donors (Lipinski definition) is 1. The Labute approximate surface area is 160 Å². The molecule has 1 heterocycles. The fourth-order valence-corrected chi connectivity index (χ4v) is 3.68. The predicted octanol–water partition coefficient (Wildman–Crippen LogP) is 3.58. The number of hydrogen-bond acceptors (Lipinski definition) is 5. The smallest absolute Gasteiger partial charge is 0.118 e. The summed E-state index contributed by atoms with van der Waals surface area (Å²) in [6, 6.07) is 17.6. The second kappa shape index (κ2) is 9.97. The van der Waals surface area contributed by atoms with Crippen molar-refractivity contribution in [1.29, 1.82) is 0 Å². The zero-order valence-corrected chi connectivity index (χ0v) is 16.4. The Morgan fingerprint density at radius 3 is 2.38 bits per heavy atom. The first kappa shape index (κ1) is 19.2. The minimum atomic E-state index is 0.343. The molecule has 1 aliphatic rings. The molecule has 4 nitrogen and oxygen atoms in total. The maximum atomic E-state index is 5.53. The highest BCUT2D eigenvalue weighted by Crippen LogP contribution is 2.24. The molecular weight excluding hydrogens is 344 g/mol. The van der Waals surface area contributed by atoms with E-state index in [1.165, 1.54) is 16.0 Å². The highest BCUT2D eigenvalue weighted by atomic mass is 32.2. The number of nitrogens with one attached hydrogen (secondary N) is 1. The summed E-state index contributed by atoms with van der Waals surface area (Å²) in [4.78, 5) is 3.81. The maximum Gasteiger partial charge on any atom is 0.118 e. The monoisotopic (exact) mass is 372 g/mol. The van der Waals surface area contributed by atoms with Gasteiger partial charge in [-0.1, -0.05) is 24.3 Å². The molecule has 1 N–H and O–H groups in total. The van der Waals surface area contributed by atoms with Crippen LogP contribution in [-0.4, -0.2) is 51.1 Å². The molecule has 3 rings (SSSR count). The van der Waals surface area contributed by atoms with Crippen LogP contribution in [0, 0.1) is 0 Å². The molecule has 0 radical (unpaired) electrons. The van der Waals surface area contributed by atoms with Gasteiger partial charge in [-0.2, -0.15) is 0 Å². The number of rotatable bonds is 8. The van der Waals surface area contributed by atoms with Gasteiger partial charge in [0.1, 0.15) is 5.75 Å². The van der Waals surface area contributed by atoms with E-state index < -0.39 is 0 Å². The molecule has 0 saturated carbocycles. The standard InChI is InChI=1S/C21H28N2O2S/c1-24-19-7-5-18(6-8-19)21(23-11-13-25-14-12-23)16-22-15-17-3-9-20(26-2)10-4-17/h3-10,21-22H,11-16H2,1-2H3. The third-order valence-corrected chi connectivity index (χ3v) is 5.56. The summed E-state index contributed by atoms with van der Waals surface area (Å²) in [5, 5.41) is 3.64. The summed E-state index contributed by atoms with van der Waals surface area (Å²) in [5.41, 5.74) is 2.64. The van der Waals surface area contributed by atoms with Crippen molar-refractivity contribution in [1.82, 2.24) is 10.2 Å². The van der Waals surface area contributed by atoms with Gasteiger partial charge in [-0.15, -0.1) is 11.8 Å². The number of methoxy groups -OCH3 is 1. The number of thioether (sulfide) groups is 1. The Morgan fingerprint density at radius 2 is 1.77 bits per heavy atom. The van der Waals surface area contributed by atoms with E-state index in [-0.39, 0.29) is 0 Å². The number of nitrogens with zero attached hydrogens (tertiary/aromatic N) is 1. The van der Waals surface area contributed by atoms with Crippen molar-refractivity contribution in [2.45, 2.75) is 17.5 Å². The van der Waals surface area contributed by atoms with E-state index in [0.29, 0.717) is 6.04 Å². The van der Waals surface area contributed by atoms with Crippen LogP contribution in [0.1, 0.15) is 17.2 Å². The molecule has 1 aliphatic heterocycles. The molecule has 0 amide bonds. The Balaban J connectivity index is 1.64. The molecule has 140 valence electrons. The van der Waals surface area contributed by atoms with E-state index in [1.54, 1.807) is 18.9 Å². The van der Waals surface area contributed by atoms with E-state index in [2.05, 4.69) is 52.9 Å². The zero-order valence-electron chi connectivity index (χ0n) is 15.6. The third kappa shape index (κ3) is 5.24. The van der Waals surface area contributed by atoms with Crippen molar-refractivity contribution in [3.63, 3.8) is 0 Å². The van der Waals surface area contributed by atoms with Crippen molar-refractivity contribution in [3.8, 4) is 5.75 Å². The van der Waals surface area contributed by atoms with E-state index in [4.69, 9.17) is 9.47 Å². The Hall–Kier alpha value is -1.53. The highest BCUT2D eigenvalue weighted by molar-refractivity contribution is 7.98. The summed E-state index contributed by atoms with van der Waals surface area (Å²) in [5.74, 6) is 0.899. The number of morpholine rings is 1. The number of ether oxygens (including phenoxy) is 2. The van der Waals surface area contributed by atoms with Crippen LogP contribution in [0.3, 0.4) is 0 Å². The molecule has 2 aromatic carbocycles. The second-order valence-corrected chi connectivity index (χ2v) is 7.30. The fraction of sp³-hybridized carbons (Fsp3) is 0.429. The first-order valence-electron chi connectivity index (χ1n) is 9.09. The van der Waals surface area contributed by atoms with Gasteiger partial charge in [0, 0.05) is 37.1 Å². The lowest BCUT2D eigenvalue weighted by molar-refractivity contribution is 0.0161. The molecule has 1 atom stereocenters. The van der Waals surface area contributed by atoms with Gasteiger partial charge < -0.3 is 14.8 Å². The van der Waals surface area contributed by atoms with Gasteiger partial charge in [0.2, 0.25) is 0 Å². The van der Waals surface area contributed by atoms with Crippen molar-refractivity contribution >= 4 is 11.8 Å². The van der Waals surface area contributed by atoms with E-state index in [9.17, 15) is 0 Å². The number of benzene rings is 2. The van der Waals surface area contributed by atoms with Crippen LogP contribution in [0.2, 0.25) is 0 Å². The van der Waals surface area contributed by atoms with Crippen LogP contribution in [-0.2, 0) is 11.3 Å². The SMILES string of the molecule is COc1ccc(C(CNCc2ccc(SC)cc2)N2CCOCC2)cc1. The average molecular weight is 373 g/mol. The summed E-state index contributed by atoms with van der Waals surface area (Å²) in [6.07, 6.45) is 2.11. The lowest BCUT2D eigenvalue weighted by Crippen LogP contribution is -2.42. The Morgan fingerprint density at radius 1 is 1.08 bits per heavy atom. The molecule has 1 saturated heterocycles. The third-order valence-electron chi connectivity index (χ3n) is 4.81. The van der Waals surface area contributed by atoms with Crippen LogP contribution in [0.5, 0.6) is 5.75 Å². The van der Waals surface area contributed by atoms with Gasteiger partial charge >= 0.3 is 0 Å². The predicted molar refractivity (Wildman–Crippen MR) is 108 cm³/mol. The first-order valence-corrected chi connectivity index (χ1v) is 10.3. The Kier molecular flexibility index (Phi) is 7.38. The lowest BCUT2D eigenvalue weighted by Gasteiger charge is -2.35. The van der Waals surface area contributed by atoms with Gasteiger partial charge in [-0.05, 0) is 41.6 Å². The van der Waals surface area contributed by atoms with E-state index >= 15 is 0 Å². The van der Waals surface area contributed by atoms with E-state index in [1.807, 2.05) is 12.1 Å². The highest BCUT2D eigenvalue weighted by Gasteiger charge is 2.22.